The molecule has 2 rings (SSSR count). The van der Waals surface area contributed by atoms with Gasteiger partial charge in [-0.05, 0) is 55.4 Å². The maximum Gasteiger partial charge on any atom is -0.0162 e. The molecule has 0 amide bonds. The third kappa shape index (κ3) is 2.93. The monoisotopic (exact) mass is 240 g/mol. The molecule has 0 nitrogen and oxygen atoms in total. The molecule has 1 aromatic carbocycles. The van der Waals surface area contributed by atoms with Crippen molar-refractivity contribution < 1.29 is 0 Å². The van der Waals surface area contributed by atoms with Crippen molar-refractivity contribution in [1.29, 1.82) is 0 Å². The highest BCUT2D eigenvalue weighted by atomic mass is 14.2. The smallest absolute Gasteiger partial charge is 0.0162 e. The fourth-order valence-corrected chi connectivity index (χ4v) is 2.82. The molecule has 0 N–H and O–H groups in total. The molecule has 1 aliphatic rings. The van der Waals surface area contributed by atoms with Crippen molar-refractivity contribution in [2.24, 2.45) is 0 Å². The first-order valence-electron chi connectivity index (χ1n) is 7.04. The predicted octanol–water partition coefficient (Wildman–Crippen LogP) is 5.80. The van der Waals surface area contributed by atoms with E-state index in [2.05, 4.69) is 45.2 Å². The first kappa shape index (κ1) is 13.1. The second-order valence-corrected chi connectivity index (χ2v) is 5.74. The molecule has 0 atom stereocenters. The molecule has 0 heteroatoms. The Morgan fingerprint density at radius 2 is 1.39 bits per heavy atom. The van der Waals surface area contributed by atoms with Gasteiger partial charge < -0.3 is 0 Å². The van der Waals surface area contributed by atoms with Gasteiger partial charge in [0.05, 0.1) is 0 Å². The van der Waals surface area contributed by atoms with Crippen molar-refractivity contribution in [3.05, 3.63) is 48.0 Å². The van der Waals surface area contributed by atoms with E-state index in [4.69, 9.17) is 0 Å². The van der Waals surface area contributed by atoms with Gasteiger partial charge in [-0.2, -0.15) is 0 Å². The summed E-state index contributed by atoms with van der Waals surface area (Å²) in [6.45, 7) is 12.3. The molecular weight excluding hydrogens is 216 g/mol. The lowest BCUT2D eigenvalue weighted by Gasteiger charge is -2.23. The molecular formula is C18H24. The predicted molar refractivity (Wildman–Crippen MR) is 81.7 cm³/mol. The summed E-state index contributed by atoms with van der Waals surface area (Å²) < 4.78 is 0. The van der Waals surface area contributed by atoms with E-state index in [0.717, 1.165) is 17.1 Å². The quantitative estimate of drug-likeness (QED) is 0.626. The number of allylic oxidation sites excluding steroid dienone is 2. The normalized spacial score (nSPS) is 16.6. The summed E-state index contributed by atoms with van der Waals surface area (Å²) in [5.41, 5.74) is 6.34. The molecule has 1 aromatic rings. The molecule has 18 heavy (non-hydrogen) atoms. The van der Waals surface area contributed by atoms with Gasteiger partial charge in [0.25, 0.3) is 0 Å². The van der Waals surface area contributed by atoms with Crippen molar-refractivity contribution >= 4 is 11.1 Å². The van der Waals surface area contributed by atoms with Gasteiger partial charge in [-0.15, -0.1) is 0 Å². The zero-order valence-corrected chi connectivity index (χ0v) is 11.8. The molecule has 0 heterocycles. The van der Waals surface area contributed by atoms with Gasteiger partial charge in [-0.1, -0.05) is 55.7 Å². The zero-order valence-electron chi connectivity index (χ0n) is 11.8. The van der Waals surface area contributed by atoms with Crippen LogP contribution in [0.1, 0.15) is 68.6 Å². The molecule has 0 aromatic heterocycles. The largest absolute Gasteiger partial charge is 0.0955 e. The van der Waals surface area contributed by atoms with Gasteiger partial charge in [-0.25, -0.2) is 0 Å². The van der Waals surface area contributed by atoms with Crippen LogP contribution in [-0.2, 0) is 0 Å². The van der Waals surface area contributed by atoms with Crippen LogP contribution in [0.3, 0.4) is 0 Å². The summed E-state index contributed by atoms with van der Waals surface area (Å²) in [6.07, 6.45) is 6.85. The summed E-state index contributed by atoms with van der Waals surface area (Å²) in [5.74, 6) is 0.746. The SMILES string of the molecule is C=C(C)c1cc(C(=C)C)cc(C2CCCCC2)c1. The van der Waals surface area contributed by atoms with Crippen molar-refractivity contribution in [2.75, 3.05) is 0 Å². The summed E-state index contributed by atoms with van der Waals surface area (Å²) in [6, 6.07) is 6.90. The summed E-state index contributed by atoms with van der Waals surface area (Å²) in [7, 11) is 0. The average Bonchev–Trinajstić information content (AvgIpc) is 2.39. The summed E-state index contributed by atoms with van der Waals surface area (Å²) >= 11 is 0. The van der Waals surface area contributed by atoms with E-state index in [1.54, 1.807) is 0 Å². The molecule has 1 saturated carbocycles. The van der Waals surface area contributed by atoms with E-state index in [1.165, 1.54) is 48.8 Å². The Hall–Kier alpha value is -1.30. The van der Waals surface area contributed by atoms with Gasteiger partial charge in [-0.3, -0.25) is 0 Å². The van der Waals surface area contributed by atoms with Crippen molar-refractivity contribution in [3.8, 4) is 0 Å². The molecule has 96 valence electrons. The Kier molecular flexibility index (Phi) is 4.06. The van der Waals surface area contributed by atoms with Crippen molar-refractivity contribution in [1.82, 2.24) is 0 Å². The summed E-state index contributed by atoms with van der Waals surface area (Å²) in [5, 5.41) is 0. The van der Waals surface area contributed by atoms with Gasteiger partial charge in [0.2, 0.25) is 0 Å². The molecule has 0 unspecified atom stereocenters. The third-order valence-corrected chi connectivity index (χ3v) is 4.02. The lowest BCUT2D eigenvalue weighted by Crippen LogP contribution is -2.05. The Bertz CT molecular complexity index is 427. The van der Waals surface area contributed by atoms with Gasteiger partial charge in [0.15, 0.2) is 0 Å². The lowest BCUT2D eigenvalue weighted by molar-refractivity contribution is 0.443. The van der Waals surface area contributed by atoms with E-state index in [0.29, 0.717) is 0 Å². The van der Waals surface area contributed by atoms with Crippen LogP contribution < -0.4 is 0 Å². The Labute approximate surface area is 111 Å². The first-order chi connectivity index (χ1) is 8.58. The van der Waals surface area contributed by atoms with Crippen LogP contribution in [0.5, 0.6) is 0 Å². The standard InChI is InChI=1S/C18H24/c1-13(2)16-10-17(14(3)4)12-18(11-16)15-8-6-5-7-9-15/h10-12,15H,1,3,5-9H2,2,4H3. The van der Waals surface area contributed by atoms with Crippen molar-refractivity contribution in [2.45, 2.75) is 51.9 Å². The van der Waals surface area contributed by atoms with Crippen LogP contribution in [-0.4, -0.2) is 0 Å². The fraction of sp³-hybridized carbons (Fsp3) is 0.444. The third-order valence-electron chi connectivity index (χ3n) is 4.02. The number of benzene rings is 1. The minimum Gasteiger partial charge on any atom is -0.0955 e. The maximum atomic E-state index is 4.08. The van der Waals surface area contributed by atoms with E-state index in [1.807, 2.05) is 0 Å². The minimum atomic E-state index is 0.746. The molecule has 0 saturated heterocycles. The lowest BCUT2D eigenvalue weighted by atomic mass is 9.82. The number of rotatable bonds is 3. The van der Waals surface area contributed by atoms with Crippen LogP contribution in [0.4, 0.5) is 0 Å². The maximum absolute atomic E-state index is 4.08. The highest BCUT2D eigenvalue weighted by molar-refractivity contribution is 5.70. The summed E-state index contributed by atoms with van der Waals surface area (Å²) in [4.78, 5) is 0. The fourth-order valence-electron chi connectivity index (χ4n) is 2.82. The second-order valence-electron chi connectivity index (χ2n) is 5.74. The van der Waals surface area contributed by atoms with Crippen LogP contribution in [0, 0.1) is 0 Å². The van der Waals surface area contributed by atoms with Gasteiger partial charge in [0.1, 0.15) is 0 Å². The molecule has 0 bridgehead atoms. The minimum absolute atomic E-state index is 0.746. The van der Waals surface area contributed by atoms with Crippen LogP contribution >= 0.6 is 0 Å². The highest BCUT2D eigenvalue weighted by Crippen LogP contribution is 2.35. The molecule has 0 spiro atoms. The molecule has 1 fully saturated rings. The van der Waals surface area contributed by atoms with E-state index < -0.39 is 0 Å². The van der Waals surface area contributed by atoms with Crippen LogP contribution in [0.15, 0.2) is 31.4 Å². The van der Waals surface area contributed by atoms with E-state index in [9.17, 15) is 0 Å². The Morgan fingerprint density at radius 3 is 1.83 bits per heavy atom. The molecule has 1 aliphatic carbocycles. The van der Waals surface area contributed by atoms with E-state index >= 15 is 0 Å². The van der Waals surface area contributed by atoms with Crippen LogP contribution in [0.25, 0.3) is 11.1 Å². The van der Waals surface area contributed by atoms with Gasteiger partial charge in [0, 0.05) is 0 Å². The van der Waals surface area contributed by atoms with E-state index in [-0.39, 0.29) is 0 Å². The highest BCUT2D eigenvalue weighted by Gasteiger charge is 2.16. The second kappa shape index (κ2) is 5.56. The van der Waals surface area contributed by atoms with Crippen molar-refractivity contribution in [3.63, 3.8) is 0 Å². The average molecular weight is 240 g/mol. The first-order valence-corrected chi connectivity index (χ1v) is 7.04. The zero-order chi connectivity index (χ0) is 13.1. The topological polar surface area (TPSA) is 0 Å². The number of hydrogen-bond donors (Lipinski definition) is 0. The number of hydrogen-bond acceptors (Lipinski definition) is 0. The van der Waals surface area contributed by atoms with Gasteiger partial charge >= 0.3 is 0 Å². The van der Waals surface area contributed by atoms with Crippen LogP contribution in [0.2, 0.25) is 0 Å². The molecule has 0 aliphatic heterocycles. The Morgan fingerprint density at radius 1 is 0.889 bits per heavy atom. The molecule has 0 radical (unpaired) electrons. The Balaban J connectivity index is 2.38.